The van der Waals surface area contributed by atoms with Crippen molar-refractivity contribution in [1.29, 1.82) is 0 Å². The molecular formula is C18H23N5O2. The minimum atomic E-state index is -0.139. The molecule has 2 aromatic heterocycles. The lowest BCUT2D eigenvalue weighted by molar-refractivity contribution is 0.0932. The third-order valence-electron chi connectivity index (χ3n) is 4.61. The molecule has 0 aliphatic carbocycles. The highest BCUT2D eigenvalue weighted by Crippen LogP contribution is 2.20. The number of rotatable bonds is 4. The molecule has 1 fully saturated rings. The van der Waals surface area contributed by atoms with Crippen LogP contribution in [-0.4, -0.2) is 45.8 Å². The monoisotopic (exact) mass is 341 g/mol. The number of H-pyrrole nitrogens is 1. The number of amides is 1. The van der Waals surface area contributed by atoms with E-state index in [1.54, 1.807) is 25.4 Å². The lowest BCUT2D eigenvalue weighted by atomic mass is 10.0. The number of hydrogen-bond donors (Lipinski definition) is 2. The fraction of sp³-hybridized carbons (Fsp3) is 0.444. The van der Waals surface area contributed by atoms with Gasteiger partial charge in [-0.1, -0.05) is 0 Å². The first-order chi connectivity index (χ1) is 12.0. The van der Waals surface area contributed by atoms with Crippen molar-refractivity contribution in [2.45, 2.75) is 39.7 Å². The summed E-state index contributed by atoms with van der Waals surface area (Å²) in [7, 11) is 0. The minimum absolute atomic E-state index is 0.0273. The number of aryl methyl sites for hydroxylation is 1. The van der Waals surface area contributed by atoms with Gasteiger partial charge in [-0.05, 0) is 38.3 Å². The Kier molecular flexibility index (Phi) is 4.83. The van der Waals surface area contributed by atoms with E-state index in [1.165, 1.54) is 6.92 Å². The summed E-state index contributed by atoms with van der Waals surface area (Å²) in [4.78, 5) is 38.1. The highest BCUT2D eigenvalue weighted by atomic mass is 16.2. The first kappa shape index (κ1) is 17.1. The van der Waals surface area contributed by atoms with Crippen LogP contribution in [0, 0.1) is 13.8 Å². The summed E-state index contributed by atoms with van der Waals surface area (Å²) in [5, 5.41) is 3.10. The van der Waals surface area contributed by atoms with Gasteiger partial charge in [-0.25, -0.2) is 9.97 Å². The number of hydrogen-bond acceptors (Lipinski definition) is 5. The van der Waals surface area contributed by atoms with Crippen molar-refractivity contribution in [3.05, 3.63) is 41.0 Å². The summed E-state index contributed by atoms with van der Waals surface area (Å²) >= 11 is 0. The summed E-state index contributed by atoms with van der Waals surface area (Å²) in [5.41, 5.74) is 2.50. The molecule has 1 aliphatic rings. The Hall–Kier alpha value is -2.70. The Bertz CT molecular complexity index is 784. The molecule has 1 aliphatic heterocycles. The van der Waals surface area contributed by atoms with Gasteiger partial charge in [0, 0.05) is 44.1 Å². The van der Waals surface area contributed by atoms with Gasteiger partial charge in [0.1, 0.15) is 0 Å². The van der Waals surface area contributed by atoms with Crippen molar-refractivity contribution >= 4 is 17.6 Å². The smallest absolute Gasteiger partial charge is 0.253 e. The molecule has 7 nitrogen and oxygen atoms in total. The number of anilines is 1. The lowest BCUT2D eigenvalue weighted by Gasteiger charge is -2.33. The molecule has 1 saturated heterocycles. The molecule has 7 heteroatoms. The topological polar surface area (TPSA) is 91.0 Å². The van der Waals surface area contributed by atoms with Crippen LogP contribution < -0.4 is 10.2 Å². The van der Waals surface area contributed by atoms with Gasteiger partial charge in [-0.2, -0.15) is 0 Å². The number of nitrogens with one attached hydrogen (secondary N) is 2. The number of aromatic amines is 1. The maximum absolute atomic E-state index is 12.7. The standard InChI is InChI=1S/C18H23N5O2/c1-11-15(12(2)21-16(11)13(3)24)17(25)22-14-6-4-9-23(10-14)18-19-7-5-8-20-18/h5,7-8,14,21H,4,6,9-10H2,1-3H3,(H,22,25). The van der Waals surface area contributed by atoms with Gasteiger partial charge >= 0.3 is 0 Å². The normalized spacial score (nSPS) is 17.4. The third-order valence-corrected chi connectivity index (χ3v) is 4.61. The summed E-state index contributed by atoms with van der Waals surface area (Å²) in [6.07, 6.45) is 5.32. The Morgan fingerprint density at radius 2 is 2.00 bits per heavy atom. The predicted octanol–water partition coefficient (Wildman–Crippen LogP) is 2.02. The van der Waals surface area contributed by atoms with E-state index in [2.05, 4.69) is 25.2 Å². The zero-order valence-electron chi connectivity index (χ0n) is 14.8. The van der Waals surface area contributed by atoms with E-state index in [9.17, 15) is 9.59 Å². The number of ketones is 1. The van der Waals surface area contributed by atoms with Crippen LogP contribution in [-0.2, 0) is 0 Å². The average molecular weight is 341 g/mol. The zero-order chi connectivity index (χ0) is 18.0. The Labute approximate surface area is 146 Å². The van der Waals surface area contributed by atoms with Crippen LogP contribution in [0.15, 0.2) is 18.5 Å². The Morgan fingerprint density at radius 1 is 1.28 bits per heavy atom. The van der Waals surface area contributed by atoms with Crippen LogP contribution in [0.25, 0.3) is 0 Å². The molecule has 0 radical (unpaired) electrons. The number of Topliss-reactive ketones (excluding diaryl/α,β-unsaturated/α-hetero) is 1. The molecule has 1 unspecified atom stereocenters. The Balaban J connectivity index is 1.72. The van der Waals surface area contributed by atoms with Gasteiger partial charge < -0.3 is 15.2 Å². The van der Waals surface area contributed by atoms with Crippen LogP contribution in [0.5, 0.6) is 0 Å². The molecule has 132 valence electrons. The molecule has 0 bridgehead atoms. The largest absolute Gasteiger partial charge is 0.355 e. The predicted molar refractivity (Wildman–Crippen MR) is 95.0 cm³/mol. The SMILES string of the molecule is CC(=O)c1[nH]c(C)c(C(=O)NC2CCCN(c3ncccn3)C2)c1C. The molecule has 3 rings (SSSR count). The lowest BCUT2D eigenvalue weighted by Crippen LogP contribution is -2.48. The van der Waals surface area contributed by atoms with Crippen LogP contribution in [0.3, 0.4) is 0 Å². The highest BCUT2D eigenvalue weighted by Gasteiger charge is 2.26. The van der Waals surface area contributed by atoms with Gasteiger partial charge in [0.25, 0.3) is 5.91 Å². The van der Waals surface area contributed by atoms with Crippen molar-refractivity contribution in [3.63, 3.8) is 0 Å². The van der Waals surface area contributed by atoms with E-state index in [-0.39, 0.29) is 17.7 Å². The fourth-order valence-electron chi connectivity index (χ4n) is 3.43. The van der Waals surface area contributed by atoms with Crippen LogP contribution in [0.2, 0.25) is 0 Å². The maximum Gasteiger partial charge on any atom is 0.253 e. The second kappa shape index (κ2) is 7.04. The number of piperidine rings is 1. The number of nitrogens with zero attached hydrogens (tertiary/aromatic N) is 3. The average Bonchev–Trinajstić information content (AvgIpc) is 2.90. The second-order valence-corrected chi connectivity index (χ2v) is 6.49. The van der Waals surface area contributed by atoms with Crippen molar-refractivity contribution in [2.75, 3.05) is 18.0 Å². The summed E-state index contributed by atoms with van der Waals surface area (Å²) < 4.78 is 0. The van der Waals surface area contributed by atoms with E-state index in [0.29, 0.717) is 29.3 Å². The van der Waals surface area contributed by atoms with Gasteiger partial charge in [0.2, 0.25) is 5.95 Å². The molecule has 0 saturated carbocycles. The zero-order valence-corrected chi connectivity index (χ0v) is 14.8. The molecule has 2 aromatic rings. The van der Waals surface area contributed by atoms with Gasteiger partial charge in [0.05, 0.1) is 11.3 Å². The molecule has 1 amide bonds. The van der Waals surface area contributed by atoms with Crippen LogP contribution in [0.4, 0.5) is 5.95 Å². The molecule has 25 heavy (non-hydrogen) atoms. The van der Waals surface area contributed by atoms with E-state index >= 15 is 0 Å². The van der Waals surface area contributed by atoms with Crippen LogP contribution in [0.1, 0.15) is 51.9 Å². The molecular weight excluding hydrogens is 318 g/mol. The first-order valence-electron chi connectivity index (χ1n) is 8.50. The number of carbonyl (C=O) groups is 2. The summed E-state index contributed by atoms with van der Waals surface area (Å²) in [5.74, 6) is 0.485. The molecule has 2 N–H and O–H groups in total. The molecule has 1 atom stereocenters. The second-order valence-electron chi connectivity index (χ2n) is 6.49. The van der Waals surface area contributed by atoms with Crippen molar-refractivity contribution in [3.8, 4) is 0 Å². The molecule has 0 spiro atoms. The van der Waals surface area contributed by atoms with Crippen molar-refractivity contribution in [1.82, 2.24) is 20.3 Å². The quantitative estimate of drug-likeness (QED) is 0.830. The number of carbonyl (C=O) groups excluding carboxylic acids is 2. The number of aromatic nitrogens is 3. The van der Waals surface area contributed by atoms with Gasteiger partial charge in [0.15, 0.2) is 5.78 Å². The van der Waals surface area contributed by atoms with Crippen LogP contribution >= 0.6 is 0 Å². The molecule has 0 aromatic carbocycles. The van der Waals surface area contributed by atoms with E-state index in [1.807, 2.05) is 6.92 Å². The van der Waals surface area contributed by atoms with Crippen molar-refractivity contribution in [2.24, 2.45) is 0 Å². The maximum atomic E-state index is 12.7. The van der Waals surface area contributed by atoms with E-state index in [0.717, 1.165) is 25.1 Å². The third kappa shape index (κ3) is 3.55. The minimum Gasteiger partial charge on any atom is -0.355 e. The molecule has 3 heterocycles. The van der Waals surface area contributed by atoms with Crippen molar-refractivity contribution < 1.29 is 9.59 Å². The van der Waals surface area contributed by atoms with E-state index < -0.39 is 0 Å². The summed E-state index contributed by atoms with van der Waals surface area (Å²) in [6.45, 7) is 6.68. The first-order valence-corrected chi connectivity index (χ1v) is 8.50. The highest BCUT2D eigenvalue weighted by molar-refractivity contribution is 6.02. The van der Waals surface area contributed by atoms with Gasteiger partial charge in [-0.3, -0.25) is 9.59 Å². The Morgan fingerprint density at radius 3 is 2.64 bits per heavy atom. The fourth-order valence-corrected chi connectivity index (χ4v) is 3.43. The van der Waals surface area contributed by atoms with E-state index in [4.69, 9.17) is 0 Å². The van der Waals surface area contributed by atoms with Gasteiger partial charge in [-0.15, -0.1) is 0 Å². The summed E-state index contributed by atoms with van der Waals surface area (Å²) in [6, 6.07) is 1.82.